The average molecular weight is 339 g/mol. The minimum atomic E-state index is -0.967. The summed E-state index contributed by atoms with van der Waals surface area (Å²) < 4.78 is 5.99. The van der Waals surface area contributed by atoms with Crippen LogP contribution in [0.15, 0.2) is 54.6 Å². The maximum atomic E-state index is 12.7. The first-order valence-electron chi connectivity index (χ1n) is 8.33. The Hall–Kier alpha value is -2.66. The van der Waals surface area contributed by atoms with Gasteiger partial charge in [0.2, 0.25) is 5.91 Å². The molecule has 2 aromatic rings. The van der Waals surface area contributed by atoms with Gasteiger partial charge < -0.3 is 14.7 Å². The van der Waals surface area contributed by atoms with Crippen LogP contribution in [-0.2, 0) is 16.0 Å². The van der Waals surface area contributed by atoms with E-state index in [1.165, 1.54) is 12.1 Å². The number of nitrogens with zero attached hydrogens (tertiary/aromatic N) is 1. The van der Waals surface area contributed by atoms with Gasteiger partial charge in [-0.1, -0.05) is 42.5 Å². The first kappa shape index (κ1) is 17.2. The van der Waals surface area contributed by atoms with E-state index in [-0.39, 0.29) is 30.1 Å². The van der Waals surface area contributed by atoms with Crippen molar-refractivity contribution in [1.29, 1.82) is 0 Å². The van der Waals surface area contributed by atoms with Crippen LogP contribution in [0.25, 0.3) is 0 Å². The lowest BCUT2D eigenvalue weighted by Gasteiger charge is -2.37. The molecule has 0 radical (unpaired) electrons. The van der Waals surface area contributed by atoms with Crippen LogP contribution in [0.2, 0.25) is 0 Å². The third-order valence-electron chi connectivity index (χ3n) is 4.34. The Morgan fingerprint density at radius 2 is 1.76 bits per heavy atom. The molecule has 1 fully saturated rings. The van der Waals surface area contributed by atoms with Crippen molar-refractivity contribution < 1.29 is 19.4 Å². The number of carboxylic acids is 1. The molecule has 5 heteroatoms. The molecule has 0 unspecified atom stereocenters. The van der Waals surface area contributed by atoms with Crippen LogP contribution in [0, 0.1) is 0 Å². The third-order valence-corrected chi connectivity index (χ3v) is 4.34. The number of aromatic carboxylic acids is 1. The first-order chi connectivity index (χ1) is 12.0. The van der Waals surface area contributed by atoms with Crippen molar-refractivity contribution in [2.24, 2.45) is 0 Å². The van der Waals surface area contributed by atoms with Crippen LogP contribution in [0.1, 0.15) is 34.5 Å². The third kappa shape index (κ3) is 4.25. The fourth-order valence-electron chi connectivity index (χ4n) is 3.06. The van der Waals surface area contributed by atoms with Gasteiger partial charge in [-0.2, -0.15) is 0 Å². The summed E-state index contributed by atoms with van der Waals surface area (Å²) >= 11 is 0. The number of amides is 1. The summed E-state index contributed by atoms with van der Waals surface area (Å²) in [6.07, 6.45) is 0.106. The van der Waals surface area contributed by atoms with E-state index < -0.39 is 5.97 Å². The van der Waals surface area contributed by atoms with Crippen LogP contribution in [0.4, 0.5) is 0 Å². The van der Waals surface area contributed by atoms with Gasteiger partial charge in [0.25, 0.3) is 0 Å². The van der Waals surface area contributed by atoms with Crippen molar-refractivity contribution in [1.82, 2.24) is 4.90 Å². The second-order valence-electron chi connectivity index (χ2n) is 6.32. The molecule has 3 rings (SSSR count). The Morgan fingerprint density at radius 3 is 2.40 bits per heavy atom. The molecule has 1 aliphatic rings. The Balaban J connectivity index is 1.67. The highest BCUT2D eigenvalue weighted by atomic mass is 16.5. The van der Waals surface area contributed by atoms with Gasteiger partial charge in [-0.25, -0.2) is 4.79 Å². The van der Waals surface area contributed by atoms with E-state index in [1.807, 2.05) is 42.2 Å². The molecule has 2 aromatic carbocycles. The van der Waals surface area contributed by atoms with Gasteiger partial charge in [0.1, 0.15) is 6.10 Å². The molecular formula is C20H21NO4. The molecule has 5 nitrogen and oxygen atoms in total. The minimum absolute atomic E-state index is 0.0270. The number of ether oxygens (including phenoxy) is 1. The number of carbonyl (C=O) groups excluding carboxylic acids is 1. The Bertz CT molecular complexity index is 742. The van der Waals surface area contributed by atoms with E-state index in [0.717, 1.165) is 11.1 Å². The summed E-state index contributed by atoms with van der Waals surface area (Å²) in [6, 6.07) is 16.4. The lowest BCUT2D eigenvalue weighted by molar-refractivity contribution is -0.144. The number of hydrogen-bond donors (Lipinski definition) is 1. The predicted molar refractivity (Wildman–Crippen MR) is 93.4 cm³/mol. The van der Waals surface area contributed by atoms with Crippen LogP contribution >= 0.6 is 0 Å². The molecule has 2 atom stereocenters. The Kier molecular flexibility index (Phi) is 5.14. The van der Waals surface area contributed by atoms with Gasteiger partial charge in [-0.15, -0.1) is 0 Å². The highest BCUT2D eigenvalue weighted by Crippen LogP contribution is 2.25. The summed E-state index contributed by atoms with van der Waals surface area (Å²) in [7, 11) is 0. The van der Waals surface area contributed by atoms with Gasteiger partial charge in [-0.3, -0.25) is 4.79 Å². The SMILES string of the molecule is C[C@@H]1CN(C(=O)Cc2ccc(C(=O)O)cc2)C[C@H](c2ccccc2)O1. The first-order valence-corrected chi connectivity index (χ1v) is 8.33. The van der Waals surface area contributed by atoms with Gasteiger partial charge in [0.15, 0.2) is 0 Å². The number of carbonyl (C=O) groups is 2. The number of benzene rings is 2. The Labute approximate surface area is 146 Å². The predicted octanol–water partition coefficient (Wildman–Crippen LogP) is 2.92. The summed E-state index contributed by atoms with van der Waals surface area (Å²) in [5.41, 5.74) is 2.10. The lowest BCUT2D eigenvalue weighted by atomic mass is 10.0. The maximum Gasteiger partial charge on any atom is 0.335 e. The molecule has 1 heterocycles. The molecule has 1 N–H and O–H groups in total. The number of rotatable bonds is 4. The summed E-state index contributed by atoms with van der Waals surface area (Å²) in [6.45, 7) is 3.06. The molecule has 1 aliphatic heterocycles. The molecule has 0 aromatic heterocycles. The molecule has 0 saturated carbocycles. The van der Waals surface area contributed by atoms with Crippen molar-refractivity contribution in [3.8, 4) is 0 Å². The van der Waals surface area contributed by atoms with Crippen LogP contribution in [0.5, 0.6) is 0 Å². The topological polar surface area (TPSA) is 66.8 Å². The highest BCUT2D eigenvalue weighted by Gasteiger charge is 2.29. The standard InChI is InChI=1S/C20H21NO4/c1-14-12-21(13-18(25-14)16-5-3-2-4-6-16)19(22)11-15-7-9-17(10-8-15)20(23)24/h2-10,14,18H,11-13H2,1H3,(H,23,24)/t14-,18-/m1/s1. The van der Waals surface area contributed by atoms with E-state index in [0.29, 0.717) is 13.1 Å². The minimum Gasteiger partial charge on any atom is -0.478 e. The van der Waals surface area contributed by atoms with Gasteiger partial charge in [-0.05, 0) is 30.2 Å². The molecular weight excluding hydrogens is 318 g/mol. The normalized spacial score (nSPS) is 20.3. The van der Waals surface area contributed by atoms with Crippen molar-refractivity contribution in [3.05, 3.63) is 71.3 Å². The smallest absolute Gasteiger partial charge is 0.335 e. The molecule has 1 amide bonds. The zero-order chi connectivity index (χ0) is 17.8. The van der Waals surface area contributed by atoms with Gasteiger partial charge in [0.05, 0.1) is 24.6 Å². The number of morpholine rings is 1. The Morgan fingerprint density at radius 1 is 1.08 bits per heavy atom. The van der Waals surface area contributed by atoms with Gasteiger partial charge in [0, 0.05) is 6.54 Å². The zero-order valence-electron chi connectivity index (χ0n) is 14.1. The van der Waals surface area contributed by atoms with E-state index in [4.69, 9.17) is 9.84 Å². The van der Waals surface area contributed by atoms with E-state index in [1.54, 1.807) is 12.1 Å². The molecule has 1 saturated heterocycles. The second-order valence-corrected chi connectivity index (χ2v) is 6.32. The molecule has 0 spiro atoms. The summed E-state index contributed by atoms with van der Waals surface area (Å²) in [4.78, 5) is 25.4. The van der Waals surface area contributed by atoms with Crippen molar-refractivity contribution in [3.63, 3.8) is 0 Å². The van der Waals surface area contributed by atoms with Crippen molar-refractivity contribution in [2.75, 3.05) is 13.1 Å². The second kappa shape index (κ2) is 7.49. The number of carboxylic acid groups (broad SMARTS) is 1. The van der Waals surface area contributed by atoms with Crippen molar-refractivity contribution in [2.45, 2.75) is 25.6 Å². The van der Waals surface area contributed by atoms with E-state index in [9.17, 15) is 9.59 Å². The maximum absolute atomic E-state index is 12.7. The monoisotopic (exact) mass is 339 g/mol. The lowest BCUT2D eigenvalue weighted by Crippen LogP contribution is -2.46. The molecule has 130 valence electrons. The largest absolute Gasteiger partial charge is 0.478 e. The van der Waals surface area contributed by atoms with Crippen molar-refractivity contribution >= 4 is 11.9 Å². The molecule has 0 bridgehead atoms. The fraction of sp³-hybridized carbons (Fsp3) is 0.300. The summed E-state index contributed by atoms with van der Waals surface area (Å²) in [5.74, 6) is -0.940. The quantitative estimate of drug-likeness (QED) is 0.930. The number of hydrogen-bond acceptors (Lipinski definition) is 3. The highest BCUT2D eigenvalue weighted by molar-refractivity contribution is 5.87. The zero-order valence-corrected chi connectivity index (χ0v) is 14.1. The van der Waals surface area contributed by atoms with Gasteiger partial charge >= 0.3 is 5.97 Å². The molecule has 25 heavy (non-hydrogen) atoms. The van der Waals surface area contributed by atoms with Crippen LogP contribution < -0.4 is 0 Å². The van der Waals surface area contributed by atoms with E-state index in [2.05, 4.69) is 0 Å². The molecule has 0 aliphatic carbocycles. The van der Waals surface area contributed by atoms with E-state index >= 15 is 0 Å². The van der Waals surface area contributed by atoms with Crippen LogP contribution in [0.3, 0.4) is 0 Å². The summed E-state index contributed by atoms with van der Waals surface area (Å²) in [5, 5.41) is 8.94. The average Bonchev–Trinajstić information content (AvgIpc) is 2.62. The van der Waals surface area contributed by atoms with Crippen LogP contribution in [-0.4, -0.2) is 41.1 Å². The fourth-order valence-corrected chi connectivity index (χ4v) is 3.06.